The molecule has 0 spiro atoms. The van der Waals surface area contributed by atoms with Crippen molar-refractivity contribution in [3.8, 4) is 5.69 Å². The molecule has 0 unspecified atom stereocenters. The fourth-order valence-electron chi connectivity index (χ4n) is 2.85. The molecule has 1 saturated heterocycles. The normalized spacial score (nSPS) is 21.3. The van der Waals surface area contributed by atoms with Crippen molar-refractivity contribution in [1.82, 2.24) is 25.0 Å². The van der Waals surface area contributed by atoms with Crippen LogP contribution in [0, 0.1) is 0 Å². The van der Waals surface area contributed by atoms with E-state index in [0.717, 1.165) is 0 Å². The Bertz CT molecular complexity index is 716. The van der Waals surface area contributed by atoms with Crippen LogP contribution in [-0.4, -0.2) is 62.3 Å². The number of nitrogens with zero attached hydrogens (tertiary/aromatic N) is 4. The zero-order chi connectivity index (χ0) is 16.4. The second-order valence-electron chi connectivity index (χ2n) is 5.56. The molecule has 3 rings (SSSR count). The number of carboxylic acid groups (broad SMARTS) is 1. The number of carbonyl (C=O) groups is 2. The van der Waals surface area contributed by atoms with Gasteiger partial charge in [0.2, 0.25) is 0 Å². The van der Waals surface area contributed by atoms with Crippen LogP contribution in [0.25, 0.3) is 5.69 Å². The highest BCUT2D eigenvalue weighted by atomic mass is 16.4. The van der Waals surface area contributed by atoms with Gasteiger partial charge >= 0.3 is 5.97 Å². The number of benzene rings is 1. The summed E-state index contributed by atoms with van der Waals surface area (Å²) in [5.41, 5.74) is 1.10. The van der Waals surface area contributed by atoms with Crippen molar-refractivity contribution < 1.29 is 14.7 Å². The van der Waals surface area contributed by atoms with Crippen molar-refractivity contribution >= 4 is 11.9 Å². The SMILES string of the molecule is CN1C[C@H](NC(=O)c2ccccc2-n2cncn2)C[C@H]1C(=O)O. The Morgan fingerprint density at radius 2 is 2.13 bits per heavy atom. The Hall–Kier alpha value is -2.74. The number of carbonyl (C=O) groups excluding carboxylic acids is 1. The zero-order valence-corrected chi connectivity index (χ0v) is 12.6. The summed E-state index contributed by atoms with van der Waals surface area (Å²) in [5.74, 6) is -1.12. The third-order valence-electron chi connectivity index (χ3n) is 3.98. The van der Waals surface area contributed by atoms with E-state index in [9.17, 15) is 9.59 Å². The van der Waals surface area contributed by atoms with E-state index in [1.165, 1.54) is 17.3 Å². The lowest BCUT2D eigenvalue weighted by molar-refractivity contribution is -0.141. The number of hydrogen-bond acceptors (Lipinski definition) is 5. The third kappa shape index (κ3) is 3.07. The van der Waals surface area contributed by atoms with Gasteiger partial charge in [0, 0.05) is 12.6 Å². The predicted octanol–water partition coefficient (Wildman–Crippen LogP) is 0.154. The van der Waals surface area contributed by atoms with Gasteiger partial charge in [-0.15, -0.1) is 0 Å². The van der Waals surface area contributed by atoms with Crippen LogP contribution in [0.15, 0.2) is 36.9 Å². The molecule has 120 valence electrons. The second kappa shape index (κ2) is 6.17. The molecule has 1 aromatic carbocycles. The minimum absolute atomic E-state index is 0.197. The number of likely N-dealkylation sites (tertiary alicyclic amines) is 1. The molecular weight excluding hydrogens is 298 g/mol. The lowest BCUT2D eigenvalue weighted by atomic mass is 10.1. The Balaban J connectivity index is 1.76. The molecule has 1 fully saturated rings. The fourth-order valence-corrected chi connectivity index (χ4v) is 2.85. The quantitative estimate of drug-likeness (QED) is 0.833. The Kier molecular flexibility index (Phi) is 4.07. The van der Waals surface area contributed by atoms with Crippen molar-refractivity contribution in [2.45, 2.75) is 18.5 Å². The molecule has 2 atom stereocenters. The van der Waals surface area contributed by atoms with E-state index < -0.39 is 12.0 Å². The van der Waals surface area contributed by atoms with E-state index in [4.69, 9.17) is 5.11 Å². The smallest absolute Gasteiger partial charge is 0.320 e. The number of nitrogens with one attached hydrogen (secondary N) is 1. The third-order valence-corrected chi connectivity index (χ3v) is 3.98. The second-order valence-corrected chi connectivity index (χ2v) is 5.56. The van der Waals surface area contributed by atoms with Gasteiger partial charge in [-0.1, -0.05) is 12.1 Å². The molecule has 2 N–H and O–H groups in total. The van der Waals surface area contributed by atoms with Gasteiger partial charge in [0.1, 0.15) is 18.7 Å². The Morgan fingerprint density at radius 3 is 2.78 bits per heavy atom. The highest BCUT2D eigenvalue weighted by Crippen LogP contribution is 2.18. The van der Waals surface area contributed by atoms with Crippen molar-refractivity contribution in [3.63, 3.8) is 0 Å². The topological polar surface area (TPSA) is 100 Å². The number of amides is 1. The molecule has 0 radical (unpaired) electrons. The lowest BCUT2D eigenvalue weighted by Crippen LogP contribution is -2.37. The highest BCUT2D eigenvalue weighted by Gasteiger charge is 2.35. The summed E-state index contributed by atoms with van der Waals surface area (Å²) in [4.78, 5) is 29.3. The number of likely N-dealkylation sites (N-methyl/N-ethyl adjacent to an activating group) is 1. The van der Waals surface area contributed by atoms with Gasteiger partial charge in [0.05, 0.1) is 11.3 Å². The van der Waals surface area contributed by atoms with Crippen LogP contribution in [0.2, 0.25) is 0 Å². The lowest BCUT2D eigenvalue weighted by Gasteiger charge is -2.14. The van der Waals surface area contributed by atoms with Crippen molar-refractivity contribution in [2.24, 2.45) is 0 Å². The molecule has 2 aromatic rings. The van der Waals surface area contributed by atoms with Gasteiger partial charge in [-0.05, 0) is 25.6 Å². The minimum Gasteiger partial charge on any atom is -0.480 e. The first-order chi connectivity index (χ1) is 11.1. The van der Waals surface area contributed by atoms with Crippen LogP contribution in [0.1, 0.15) is 16.8 Å². The first kappa shape index (κ1) is 15.2. The maximum absolute atomic E-state index is 12.6. The molecule has 2 heterocycles. The Morgan fingerprint density at radius 1 is 1.35 bits per heavy atom. The van der Waals surface area contributed by atoms with E-state index in [0.29, 0.717) is 24.2 Å². The van der Waals surface area contributed by atoms with E-state index in [1.807, 2.05) is 6.07 Å². The molecule has 0 saturated carbocycles. The first-order valence-electron chi connectivity index (χ1n) is 7.24. The minimum atomic E-state index is -0.868. The molecule has 1 aliphatic rings. The number of carboxylic acids is 1. The van der Waals surface area contributed by atoms with Gasteiger partial charge in [-0.25, -0.2) is 9.67 Å². The predicted molar refractivity (Wildman–Crippen MR) is 81.3 cm³/mol. The fraction of sp³-hybridized carbons (Fsp3) is 0.333. The van der Waals surface area contributed by atoms with E-state index in [2.05, 4.69) is 15.4 Å². The average molecular weight is 315 g/mol. The zero-order valence-electron chi connectivity index (χ0n) is 12.6. The van der Waals surface area contributed by atoms with Gasteiger partial charge in [0.25, 0.3) is 5.91 Å². The van der Waals surface area contributed by atoms with Crippen molar-refractivity contribution in [1.29, 1.82) is 0 Å². The molecule has 23 heavy (non-hydrogen) atoms. The van der Waals surface area contributed by atoms with Gasteiger partial charge in [0.15, 0.2) is 0 Å². The molecule has 8 heteroatoms. The number of aliphatic carboxylic acids is 1. The largest absolute Gasteiger partial charge is 0.480 e. The molecule has 0 aliphatic carbocycles. The molecule has 0 bridgehead atoms. The standard InChI is InChI=1S/C15H17N5O3/c1-19-7-10(6-13(19)15(22)23)18-14(21)11-4-2-3-5-12(11)20-9-16-8-17-20/h2-5,8-10,13H,6-7H2,1H3,(H,18,21)(H,22,23)/t10-,13+/m1/s1. The van der Waals surface area contributed by atoms with Crippen LogP contribution in [-0.2, 0) is 4.79 Å². The van der Waals surface area contributed by atoms with Crippen LogP contribution < -0.4 is 5.32 Å². The maximum atomic E-state index is 12.6. The summed E-state index contributed by atoms with van der Waals surface area (Å²) < 4.78 is 1.52. The van der Waals surface area contributed by atoms with Crippen molar-refractivity contribution in [2.75, 3.05) is 13.6 Å². The number of rotatable bonds is 4. The van der Waals surface area contributed by atoms with E-state index in [-0.39, 0.29) is 11.9 Å². The average Bonchev–Trinajstić information content (AvgIpc) is 3.17. The van der Waals surface area contributed by atoms with E-state index in [1.54, 1.807) is 30.1 Å². The van der Waals surface area contributed by atoms with Crippen LogP contribution in [0.3, 0.4) is 0 Å². The molecule has 8 nitrogen and oxygen atoms in total. The van der Waals surface area contributed by atoms with Gasteiger partial charge in [-0.2, -0.15) is 5.10 Å². The summed E-state index contributed by atoms with van der Waals surface area (Å²) >= 11 is 0. The monoisotopic (exact) mass is 315 g/mol. The molecular formula is C15H17N5O3. The molecule has 1 aromatic heterocycles. The summed E-state index contributed by atoms with van der Waals surface area (Å²) in [6.45, 7) is 0.508. The summed E-state index contributed by atoms with van der Waals surface area (Å²) in [6, 6.07) is 6.32. The highest BCUT2D eigenvalue weighted by molar-refractivity contribution is 5.98. The summed E-state index contributed by atoms with van der Waals surface area (Å²) in [7, 11) is 1.74. The summed E-state index contributed by atoms with van der Waals surface area (Å²) in [5, 5.41) is 16.1. The first-order valence-corrected chi connectivity index (χ1v) is 7.24. The maximum Gasteiger partial charge on any atom is 0.320 e. The Labute approximate surface area is 132 Å². The number of hydrogen-bond donors (Lipinski definition) is 2. The summed E-state index contributed by atoms with van der Waals surface area (Å²) in [6.07, 6.45) is 3.32. The van der Waals surface area contributed by atoms with Crippen LogP contribution in [0.4, 0.5) is 0 Å². The van der Waals surface area contributed by atoms with E-state index >= 15 is 0 Å². The van der Waals surface area contributed by atoms with Gasteiger partial charge in [-0.3, -0.25) is 14.5 Å². The number of aromatic nitrogens is 3. The number of para-hydroxylation sites is 1. The van der Waals surface area contributed by atoms with Gasteiger partial charge < -0.3 is 10.4 Å². The molecule has 1 aliphatic heterocycles. The van der Waals surface area contributed by atoms with Crippen LogP contribution >= 0.6 is 0 Å². The molecule has 1 amide bonds. The van der Waals surface area contributed by atoms with Crippen LogP contribution in [0.5, 0.6) is 0 Å². The van der Waals surface area contributed by atoms with Crippen molar-refractivity contribution in [3.05, 3.63) is 42.5 Å².